The van der Waals surface area contributed by atoms with Crippen molar-refractivity contribution >= 4 is 29.3 Å². The summed E-state index contributed by atoms with van der Waals surface area (Å²) in [6.07, 6.45) is 0. The molecule has 0 aliphatic rings. The molecule has 2 amide bonds. The minimum Gasteiger partial charge on any atom is -0.350 e. The van der Waals surface area contributed by atoms with Crippen LogP contribution in [0, 0.1) is 0 Å². The van der Waals surface area contributed by atoms with Gasteiger partial charge in [0.2, 0.25) is 11.1 Å². The summed E-state index contributed by atoms with van der Waals surface area (Å²) in [5.74, 6) is -0.140. The number of anilines is 1. The second-order valence-corrected chi connectivity index (χ2v) is 8.30. The van der Waals surface area contributed by atoms with Gasteiger partial charge in [-0.1, -0.05) is 55.9 Å². The molecule has 174 valence electrons. The maximum Gasteiger partial charge on any atom is 0.251 e. The van der Waals surface area contributed by atoms with Gasteiger partial charge in [-0.3, -0.25) is 14.5 Å². The summed E-state index contributed by atoms with van der Waals surface area (Å²) >= 11 is 1.25. The van der Waals surface area contributed by atoms with Crippen LogP contribution in [-0.2, 0) is 11.8 Å². The van der Waals surface area contributed by atoms with Gasteiger partial charge >= 0.3 is 0 Å². The molecule has 0 aliphatic carbocycles. The average molecular weight is 468 g/mol. The van der Waals surface area contributed by atoms with E-state index >= 15 is 0 Å². The quantitative estimate of drug-likeness (QED) is 0.418. The number of likely N-dealkylation sites (N-methyl/N-ethyl adjacent to an activating group) is 1. The minimum absolute atomic E-state index is 0.102. The lowest BCUT2D eigenvalue weighted by Crippen LogP contribution is -2.38. The molecule has 3 rings (SSSR count). The number of aryl methyl sites for hydroxylation is 1. The van der Waals surface area contributed by atoms with Gasteiger partial charge in [-0.25, -0.2) is 4.68 Å². The summed E-state index contributed by atoms with van der Waals surface area (Å²) in [4.78, 5) is 27.2. The SMILES string of the molecule is CCN(CC)[C@H](CNC(=O)c1ccc(NC(=O)CSc2nnnn2C)cc1)c1ccccc1. The number of carbonyl (C=O) groups is 2. The molecule has 10 heteroatoms. The fourth-order valence-corrected chi connectivity index (χ4v) is 4.11. The molecule has 1 atom stereocenters. The number of amides is 2. The van der Waals surface area contributed by atoms with E-state index in [4.69, 9.17) is 0 Å². The van der Waals surface area contributed by atoms with Crippen LogP contribution in [0.1, 0.15) is 35.8 Å². The molecule has 2 N–H and O–H groups in total. The van der Waals surface area contributed by atoms with E-state index in [0.717, 1.165) is 13.1 Å². The van der Waals surface area contributed by atoms with Crippen LogP contribution in [-0.4, -0.2) is 62.3 Å². The van der Waals surface area contributed by atoms with Crippen molar-refractivity contribution in [2.24, 2.45) is 7.05 Å². The molecule has 0 bridgehead atoms. The fourth-order valence-electron chi connectivity index (χ4n) is 3.46. The van der Waals surface area contributed by atoms with Crippen molar-refractivity contribution in [2.75, 3.05) is 30.7 Å². The van der Waals surface area contributed by atoms with E-state index in [0.29, 0.717) is 23.0 Å². The van der Waals surface area contributed by atoms with Gasteiger partial charge in [0.05, 0.1) is 11.8 Å². The molecule has 9 nitrogen and oxygen atoms in total. The van der Waals surface area contributed by atoms with Gasteiger partial charge in [0.1, 0.15) is 0 Å². The van der Waals surface area contributed by atoms with Crippen LogP contribution >= 0.6 is 11.8 Å². The average Bonchev–Trinajstić information content (AvgIpc) is 3.26. The lowest BCUT2D eigenvalue weighted by molar-refractivity contribution is -0.113. The van der Waals surface area contributed by atoms with Crippen molar-refractivity contribution in [1.82, 2.24) is 30.4 Å². The molecule has 0 saturated carbocycles. The summed E-state index contributed by atoms with van der Waals surface area (Å²) in [6, 6.07) is 17.2. The van der Waals surface area contributed by atoms with Crippen molar-refractivity contribution in [3.05, 3.63) is 65.7 Å². The topological polar surface area (TPSA) is 105 Å². The maximum atomic E-state index is 12.7. The number of benzene rings is 2. The number of thioether (sulfide) groups is 1. The molecule has 0 saturated heterocycles. The van der Waals surface area contributed by atoms with E-state index < -0.39 is 0 Å². The zero-order valence-electron chi connectivity index (χ0n) is 19.1. The van der Waals surface area contributed by atoms with Crippen molar-refractivity contribution in [2.45, 2.75) is 25.0 Å². The van der Waals surface area contributed by atoms with E-state index in [-0.39, 0.29) is 23.6 Å². The predicted molar refractivity (Wildman–Crippen MR) is 129 cm³/mol. The van der Waals surface area contributed by atoms with E-state index in [1.54, 1.807) is 31.3 Å². The van der Waals surface area contributed by atoms with Gasteiger partial charge in [0.15, 0.2) is 0 Å². The monoisotopic (exact) mass is 467 g/mol. The first-order valence-corrected chi connectivity index (χ1v) is 11.8. The van der Waals surface area contributed by atoms with Crippen molar-refractivity contribution in [1.29, 1.82) is 0 Å². The highest BCUT2D eigenvalue weighted by Gasteiger charge is 2.19. The van der Waals surface area contributed by atoms with Crippen LogP contribution in [0.25, 0.3) is 0 Å². The Kier molecular flexibility index (Phi) is 8.96. The first-order valence-electron chi connectivity index (χ1n) is 10.8. The molecule has 0 fully saturated rings. The largest absolute Gasteiger partial charge is 0.350 e. The summed E-state index contributed by atoms with van der Waals surface area (Å²) in [5, 5.41) is 17.5. The molecule has 1 aromatic heterocycles. The highest BCUT2D eigenvalue weighted by atomic mass is 32.2. The zero-order chi connectivity index (χ0) is 23.6. The number of nitrogens with one attached hydrogen (secondary N) is 2. The third-order valence-corrected chi connectivity index (χ3v) is 6.25. The smallest absolute Gasteiger partial charge is 0.251 e. The van der Waals surface area contributed by atoms with Gasteiger partial charge in [-0.2, -0.15) is 0 Å². The highest BCUT2D eigenvalue weighted by Crippen LogP contribution is 2.20. The molecule has 33 heavy (non-hydrogen) atoms. The molecule has 2 aromatic carbocycles. The minimum atomic E-state index is -0.176. The molecule has 1 heterocycles. The van der Waals surface area contributed by atoms with Gasteiger partial charge in [0, 0.05) is 24.8 Å². The third-order valence-electron chi connectivity index (χ3n) is 5.24. The number of hydrogen-bond acceptors (Lipinski definition) is 7. The van der Waals surface area contributed by atoms with Gasteiger partial charge in [0.25, 0.3) is 5.91 Å². The molecular weight excluding hydrogens is 438 g/mol. The Balaban J connectivity index is 1.54. The number of nitrogens with zero attached hydrogens (tertiary/aromatic N) is 5. The summed E-state index contributed by atoms with van der Waals surface area (Å²) < 4.78 is 1.51. The Hall–Kier alpha value is -3.24. The summed E-state index contributed by atoms with van der Waals surface area (Å²) in [7, 11) is 1.72. The standard InChI is InChI=1S/C23H29N7O2S/c1-4-30(5-2)20(17-9-7-6-8-10-17)15-24-22(32)18-11-13-19(14-12-18)25-21(31)16-33-23-26-27-28-29(23)3/h6-14,20H,4-5,15-16H2,1-3H3,(H,24,32)(H,25,31)/t20-/m1/s1. The maximum absolute atomic E-state index is 12.7. The fraction of sp³-hybridized carbons (Fsp3) is 0.348. The molecule has 0 spiro atoms. The Morgan fingerprint density at radius 3 is 2.36 bits per heavy atom. The number of hydrogen-bond donors (Lipinski definition) is 2. The Morgan fingerprint density at radius 1 is 1.06 bits per heavy atom. The lowest BCUT2D eigenvalue weighted by atomic mass is 10.0. The van der Waals surface area contributed by atoms with E-state index in [9.17, 15) is 9.59 Å². The second-order valence-electron chi connectivity index (χ2n) is 7.36. The molecular formula is C23H29N7O2S. The highest BCUT2D eigenvalue weighted by molar-refractivity contribution is 7.99. The number of aromatic nitrogens is 4. The first kappa shape index (κ1) is 24.4. The van der Waals surface area contributed by atoms with Gasteiger partial charge in [-0.05, 0) is 53.3 Å². The lowest BCUT2D eigenvalue weighted by Gasteiger charge is -2.30. The van der Waals surface area contributed by atoms with E-state index in [1.165, 1.54) is 22.0 Å². The third kappa shape index (κ3) is 6.87. The van der Waals surface area contributed by atoms with Crippen LogP contribution in [0.5, 0.6) is 0 Å². The summed E-state index contributed by atoms with van der Waals surface area (Å²) in [6.45, 7) is 6.54. The van der Waals surface area contributed by atoms with Crippen LogP contribution in [0.2, 0.25) is 0 Å². The van der Waals surface area contributed by atoms with Crippen molar-refractivity contribution in [3.63, 3.8) is 0 Å². The van der Waals surface area contributed by atoms with Crippen molar-refractivity contribution in [3.8, 4) is 0 Å². The van der Waals surface area contributed by atoms with Gasteiger partial charge < -0.3 is 10.6 Å². The summed E-state index contributed by atoms with van der Waals surface area (Å²) in [5.41, 5.74) is 2.34. The molecule has 0 radical (unpaired) electrons. The van der Waals surface area contributed by atoms with Gasteiger partial charge in [-0.15, -0.1) is 5.10 Å². The Bertz CT molecular complexity index is 1040. The number of rotatable bonds is 11. The normalized spacial score (nSPS) is 11.9. The van der Waals surface area contributed by atoms with Crippen LogP contribution in [0.15, 0.2) is 59.8 Å². The molecule has 0 aliphatic heterocycles. The van der Waals surface area contributed by atoms with E-state index in [1.807, 2.05) is 18.2 Å². The van der Waals surface area contributed by atoms with Crippen LogP contribution in [0.4, 0.5) is 5.69 Å². The number of carbonyl (C=O) groups excluding carboxylic acids is 2. The Morgan fingerprint density at radius 2 is 1.76 bits per heavy atom. The first-order chi connectivity index (χ1) is 16.0. The van der Waals surface area contributed by atoms with Crippen molar-refractivity contribution < 1.29 is 9.59 Å². The number of tetrazole rings is 1. The second kappa shape index (κ2) is 12.1. The Labute approximate surface area is 197 Å². The predicted octanol–water partition coefficient (Wildman–Crippen LogP) is 2.75. The van der Waals surface area contributed by atoms with Crippen LogP contribution < -0.4 is 10.6 Å². The van der Waals surface area contributed by atoms with Crippen LogP contribution in [0.3, 0.4) is 0 Å². The van der Waals surface area contributed by atoms with E-state index in [2.05, 4.69) is 57.0 Å². The zero-order valence-corrected chi connectivity index (χ0v) is 19.9. The molecule has 0 unspecified atom stereocenters. The molecule has 3 aromatic rings.